The van der Waals surface area contributed by atoms with Crippen LogP contribution in [0.3, 0.4) is 0 Å². The topological polar surface area (TPSA) is 55.4 Å². The van der Waals surface area contributed by atoms with Gasteiger partial charge in [-0.15, -0.1) is 0 Å². The smallest absolute Gasteiger partial charge is 0.230 e. The van der Waals surface area contributed by atoms with Gasteiger partial charge in [-0.3, -0.25) is 14.9 Å². The van der Waals surface area contributed by atoms with E-state index >= 15 is 0 Å². The second kappa shape index (κ2) is 6.18. The molecule has 108 valence electrons. The molecular weight excluding hydrogens is 254 g/mol. The summed E-state index contributed by atoms with van der Waals surface area (Å²) in [5.41, 5.74) is 2.13. The van der Waals surface area contributed by atoms with E-state index in [4.69, 9.17) is 4.74 Å². The van der Waals surface area contributed by atoms with Crippen LogP contribution < -0.4 is 5.32 Å². The Kier molecular flexibility index (Phi) is 4.55. The minimum atomic E-state index is -0.183. The zero-order valence-electron chi connectivity index (χ0n) is 12.2. The first-order valence-electron chi connectivity index (χ1n) is 6.94. The van der Waals surface area contributed by atoms with Crippen molar-refractivity contribution in [1.29, 1.82) is 0 Å². The summed E-state index contributed by atoms with van der Waals surface area (Å²) >= 11 is 0. The number of carbonyl (C=O) groups excluding carboxylic acids is 2. The predicted molar refractivity (Wildman–Crippen MR) is 76.0 cm³/mol. The number of hydrogen-bond donors (Lipinski definition) is 1. The highest BCUT2D eigenvalue weighted by Gasteiger charge is 2.38. The summed E-state index contributed by atoms with van der Waals surface area (Å²) in [4.78, 5) is 23.7. The van der Waals surface area contributed by atoms with E-state index < -0.39 is 0 Å². The van der Waals surface area contributed by atoms with Gasteiger partial charge in [0.05, 0.1) is 6.61 Å². The lowest BCUT2D eigenvalue weighted by atomic mass is 9.74. The molecule has 0 aliphatic carbocycles. The van der Waals surface area contributed by atoms with Crippen LogP contribution in [0.5, 0.6) is 0 Å². The van der Waals surface area contributed by atoms with Gasteiger partial charge < -0.3 is 4.74 Å². The van der Waals surface area contributed by atoms with Crippen molar-refractivity contribution in [3.8, 4) is 0 Å². The standard InChI is InChI=1S/C16H21NO3/c1-10(2)15-13(8-14(18)17-16(15)19)12-6-4-11(5-7-12)9-20-3/h4-7,10,13,15H,8-9H2,1-3H3,(H,17,18,19). The molecule has 1 heterocycles. The number of piperidine rings is 1. The number of hydrogen-bond acceptors (Lipinski definition) is 3. The maximum atomic E-state index is 12.0. The average molecular weight is 275 g/mol. The molecule has 0 aromatic heterocycles. The molecule has 0 spiro atoms. The third kappa shape index (κ3) is 3.07. The second-order valence-electron chi connectivity index (χ2n) is 5.67. The summed E-state index contributed by atoms with van der Waals surface area (Å²) in [5.74, 6) is -0.319. The van der Waals surface area contributed by atoms with E-state index in [9.17, 15) is 9.59 Å². The molecule has 1 aromatic carbocycles. The number of carbonyl (C=O) groups is 2. The zero-order valence-corrected chi connectivity index (χ0v) is 12.2. The Morgan fingerprint density at radius 1 is 1.25 bits per heavy atom. The van der Waals surface area contributed by atoms with Gasteiger partial charge in [-0.2, -0.15) is 0 Å². The Morgan fingerprint density at radius 2 is 1.90 bits per heavy atom. The van der Waals surface area contributed by atoms with Crippen molar-refractivity contribution < 1.29 is 14.3 Å². The van der Waals surface area contributed by atoms with Crippen molar-refractivity contribution in [2.24, 2.45) is 11.8 Å². The van der Waals surface area contributed by atoms with Crippen molar-refractivity contribution >= 4 is 11.8 Å². The highest BCUT2D eigenvalue weighted by atomic mass is 16.5. The summed E-state index contributed by atoms with van der Waals surface area (Å²) in [6, 6.07) is 7.99. The Balaban J connectivity index is 2.26. The number of ether oxygens (including phenoxy) is 1. The van der Waals surface area contributed by atoms with Crippen molar-refractivity contribution in [2.45, 2.75) is 32.8 Å². The van der Waals surface area contributed by atoms with Crippen LogP contribution in [0.1, 0.15) is 37.3 Å². The first-order chi connectivity index (χ1) is 9.52. The minimum absolute atomic E-state index is 0.0344. The van der Waals surface area contributed by atoms with Crippen LogP contribution in [-0.2, 0) is 20.9 Å². The van der Waals surface area contributed by atoms with E-state index in [0.29, 0.717) is 13.0 Å². The fraction of sp³-hybridized carbons (Fsp3) is 0.500. The third-order valence-electron chi connectivity index (χ3n) is 3.84. The fourth-order valence-corrected chi connectivity index (χ4v) is 2.90. The van der Waals surface area contributed by atoms with Crippen LogP contribution >= 0.6 is 0 Å². The number of benzene rings is 1. The summed E-state index contributed by atoms with van der Waals surface area (Å²) in [7, 11) is 1.66. The molecule has 1 aliphatic heterocycles. The monoisotopic (exact) mass is 275 g/mol. The Hall–Kier alpha value is -1.68. The normalized spacial score (nSPS) is 23.0. The summed E-state index contributed by atoms with van der Waals surface area (Å²) in [6.45, 7) is 4.61. The maximum Gasteiger partial charge on any atom is 0.230 e. The van der Waals surface area contributed by atoms with E-state index in [1.54, 1.807) is 7.11 Å². The molecule has 0 saturated carbocycles. The second-order valence-corrected chi connectivity index (χ2v) is 5.67. The minimum Gasteiger partial charge on any atom is -0.380 e. The molecule has 2 amide bonds. The first kappa shape index (κ1) is 14.7. The molecule has 1 saturated heterocycles. The SMILES string of the molecule is COCc1ccc(C2CC(=O)NC(=O)C2C(C)C)cc1. The number of methoxy groups -OCH3 is 1. The van der Waals surface area contributed by atoms with Gasteiger partial charge in [0.25, 0.3) is 0 Å². The molecule has 1 aromatic rings. The van der Waals surface area contributed by atoms with Gasteiger partial charge in [0.2, 0.25) is 11.8 Å². The van der Waals surface area contributed by atoms with Gasteiger partial charge in [0.15, 0.2) is 0 Å². The van der Waals surface area contributed by atoms with Crippen molar-refractivity contribution in [2.75, 3.05) is 7.11 Å². The van der Waals surface area contributed by atoms with Crippen LogP contribution in [0, 0.1) is 11.8 Å². The number of nitrogens with one attached hydrogen (secondary N) is 1. The van der Waals surface area contributed by atoms with Crippen LogP contribution in [0.15, 0.2) is 24.3 Å². The molecule has 20 heavy (non-hydrogen) atoms. The molecule has 4 nitrogen and oxygen atoms in total. The van der Waals surface area contributed by atoms with Gasteiger partial charge in [0, 0.05) is 25.4 Å². The summed E-state index contributed by atoms with van der Waals surface area (Å²) in [6.07, 6.45) is 0.373. The van der Waals surface area contributed by atoms with Gasteiger partial charge in [0.1, 0.15) is 0 Å². The Labute approximate surface area is 119 Å². The van der Waals surface area contributed by atoms with Crippen LogP contribution in [-0.4, -0.2) is 18.9 Å². The Bertz CT molecular complexity index is 493. The summed E-state index contributed by atoms with van der Waals surface area (Å²) < 4.78 is 5.09. The molecule has 2 unspecified atom stereocenters. The number of amides is 2. The van der Waals surface area contributed by atoms with Crippen molar-refractivity contribution in [3.63, 3.8) is 0 Å². The molecular formula is C16H21NO3. The van der Waals surface area contributed by atoms with Gasteiger partial charge >= 0.3 is 0 Å². The molecule has 0 radical (unpaired) electrons. The van der Waals surface area contributed by atoms with Gasteiger partial charge in [-0.1, -0.05) is 38.1 Å². The van der Waals surface area contributed by atoms with Crippen molar-refractivity contribution in [1.82, 2.24) is 5.32 Å². The number of imide groups is 1. The fourth-order valence-electron chi connectivity index (χ4n) is 2.90. The Morgan fingerprint density at radius 3 is 2.45 bits per heavy atom. The number of rotatable bonds is 4. The highest BCUT2D eigenvalue weighted by Crippen LogP contribution is 2.36. The predicted octanol–water partition coefficient (Wildman–Crippen LogP) is 2.24. The van der Waals surface area contributed by atoms with Gasteiger partial charge in [-0.25, -0.2) is 0 Å². The average Bonchev–Trinajstić information content (AvgIpc) is 2.38. The van der Waals surface area contributed by atoms with Gasteiger partial charge in [-0.05, 0) is 17.0 Å². The van der Waals surface area contributed by atoms with E-state index in [-0.39, 0.29) is 29.6 Å². The quantitative estimate of drug-likeness (QED) is 0.857. The van der Waals surface area contributed by atoms with Crippen LogP contribution in [0.4, 0.5) is 0 Å². The largest absolute Gasteiger partial charge is 0.380 e. The first-order valence-corrected chi connectivity index (χ1v) is 6.94. The van der Waals surface area contributed by atoms with E-state index in [0.717, 1.165) is 11.1 Å². The molecule has 1 fully saturated rings. The maximum absolute atomic E-state index is 12.0. The van der Waals surface area contributed by atoms with Crippen LogP contribution in [0.2, 0.25) is 0 Å². The molecule has 2 atom stereocenters. The highest BCUT2D eigenvalue weighted by molar-refractivity contribution is 6.00. The molecule has 4 heteroatoms. The van der Waals surface area contributed by atoms with E-state index in [1.807, 2.05) is 38.1 Å². The zero-order chi connectivity index (χ0) is 14.7. The molecule has 0 bridgehead atoms. The van der Waals surface area contributed by atoms with Crippen LogP contribution in [0.25, 0.3) is 0 Å². The lowest BCUT2D eigenvalue weighted by Crippen LogP contribution is -2.46. The van der Waals surface area contributed by atoms with Crippen molar-refractivity contribution in [3.05, 3.63) is 35.4 Å². The van der Waals surface area contributed by atoms with E-state index in [2.05, 4.69) is 5.32 Å². The molecule has 1 aliphatic rings. The molecule has 2 rings (SSSR count). The lowest BCUT2D eigenvalue weighted by Gasteiger charge is -2.33. The third-order valence-corrected chi connectivity index (χ3v) is 3.84. The summed E-state index contributed by atoms with van der Waals surface area (Å²) in [5, 5.41) is 2.44. The lowest BCUT2D eigenvalue weighted by molar-refractivity contribution is -0.138. The van der Waals surface area contributed by atoms with E-state index in [1.165, 1.54) is 0 Å². The molecule has 1 N–H and O–H groups in total.